The summed E-state index contributed by atoms with van der Waals surface area (Å²) in [6, 6.07) is 14.2. The lowest BCUT2D eigenvalue weighted by atomic mass is 10.1. The lowest BCUT2D eigenvalue weighted by Gasteiger charge is -2.23. The molecule has 0 saturated carbocycles. The van der Waals surface area contributed by atoms with E-state index in [0.717, 1.165) is 42.0 Å². The molecule has 232 valence electrons. The highest BCUT2D eigenvalue weighted by atomic mass is 79.9. The summed E-state index contributed by atoms with van der Waals surface area (Å²) >= 11 is 8.31. The van der Waals surface area contributed by atoms with Gasteiger partial charge >= 0.3 is 0 Å². The van der Waals surface area contributed by atoms with Crippen LogP contribution >= 0.6 is 22.9 Å². The van der Waals surface area contributed by atoms with Crippen molar-refractivity contribution in [1.29, 1.82) is 0 Å². The SMILES string of the molecule is CCCCCCCCCCCCCCOc1ccc(CCN(C(C)=O)c2ccccc2C[n+]2csc(C)c2)cc1Cl.[Br-]. The molecule has 0 bridgehead atoms. The third-order valence-electron chi connectivity index (χ3n) is 7.61. The summed E-state index contributed by atoms with van der Waals surface area (Å²) in [5.74, 6) is 0.785. The molecule has 0 spiro atoms. The summed E-state index contributed by atoms with van der Waals surface area (Å²) in [5, 5.41) is 0.639. The summed E-state index contributed by atoms with van der Waals surface area (Å²) in [6.07, 6.45) is 18.8. The monoisotopic (exact) mass is 676 g/mol. The van der Waals surface area contributed by atoms with Gasteiger partial charge in [0, 0.05) is 19.0 Å². The molecule has 1 aromatic heterocycles. The second-order valence-corrected chi connectivity index (χ2v) is 12.7. The van der Waals surface area contributed by atoms with E-state index in [0.29, 0.717) is 18.2 Å². The van der Waals surface area contributed by atoms with E-state index in [4.69, 9.17) is 16.3 Å². The smallest absolute Gasteiger partial charge is 0.225 e. The van der Waals surface area contributed by atoms with Crippen molar-refractivity contribution in [3.05, 3.63) is 75.2 Å². The van der Waals surface area contributed by atoms with Crippen molar-refractivity contribution in [3.8, 4) is 5.75 Å². The van der Waals surface area contributed by atoms with E-state index < -0.39 is 0 Å². The Labute approximate surface area is 274 Å². The maximum Gasteiger partial charge on any atom is 0.225 e. The Morgan fingerprint density at radius 3 is 2.17 bits per heavy atom. The lowest BCUT2D eigenvalue weighted by molar-refractivity contribution is -0.683. The summed E-state index contributed by atoms with van der Waals surface area (Å²) in [6.45, 7) is 8.05. The molecule has 4 nitrogen and oxygen atoms in total. The van der Waals surface area contributed by atoms with E-state index in [1.54, 1.807) is 18.3 Å². The zero-order valence-electron chi connectivity index (χ0n) is 25.9. The van der Waals surface area contributed by atoms with Crippen molar-refractivity contribution < 1.29 is 31.1 Å². The van der Waals surface area contributed by atoms with Gasteiger partial charge in [0.25, 0.3) is 0 Å². The standard InChI is InChI=1S/C35H50ClN2O2S.BrH/c1-4-5-6-7-8-9-10-11-12-13-14-17-24-40-35-21-20-31(25-33(35)36)22-23-38(30(3)39)34-19-16-15-18-32(34)27-37-26-29(2)41-28-37;/h15-16,18-21,25-26,28H,4-14,17,22-24,27H2,1-3H3;1H/q+1;/p-1. The van der Waals surface area contributed by atoms with Gasteiger partial charge in [0.15, 0.2) is 12.7 Å². The molecular weight excluding hydrogens is 628 g/mol. The van der Waals surface area contributed by atoms with E-state index in [-0.39, 0.29) is 22.9 Å². The highest BCUT2D eigenvalue weighted by Crippen LogP contribution is 2.27. The van der Waals surface area contributed by atoms with E-state index >= 15 is 0 Å². The van der Waals surface area contributed by atoms with Gasteiger partial charge in [-0.25, -0.2) is 0 Å². The van der Waals surface area contributed by atoms with E-state index in [1.165, 1.54) is 75.5 Å². The molecule has 0 saturated heterocycles. The van der Waals surface area contributed by atoms with Crippen LogP contribution in [-0.4, -0.2) is 19.1 Å². The first-order valence-electron chi connectivity index (χ1n) is 15.7. The van der Waals surface area contributed by atoms with Crippen LogP contribution in [0.4, 0.5) is 5.69 Å². The topological polar surface area (TPSA) is 33.4 Å². The van der Waals surface area contributed by atoms with E-state index in [9.17, 15) is 4.79 Å². The molecule has 1 heterocycles. The molecule has 0 aliphatic heterocycles. The number of ether oxygens (including phenoxy) is 1. The van der Waals surface area contributed by atoms with Gasteiger partial charge in [-0.15, -0.1) is 0 Å². The van der Waals surface area contributed by atoms with Gasteiger partial charge in [-0.3, -0.25) is 4.79 Å². The van der Waals surface area contributed by atoms with Gasteiger partial charge < -0.3 is 26.6 Å². The van der Waals surface area contributed by atoms with Crippen molar-refractivity contribution >= 4 is 34.5 Å². The van der Waals surface area contributed by atoms with E-state index in [1.807, 2.05) is 35.2 Å². The Balaban J connectivity index is 0.00000616. The molecule has 1 amide bonds. The number of nitrogens with zero attached hydrogens (tertiary/aromatic N) is 2. The van der Waals surface area contributed by atoms with Crippen LogP contribution < -0.4 is 31.2 Å². The van der Waals surface area contributed by atoms with Crippen LogP contribution in [0.25, 0.3) is 0 Å². The summed E-state index contributed by atoms with van der Waals surface area (Å²) in [7, 11) is 0. The summed E-state index contributed by atoms with van der Waals surface area (Å²) in [4.78, 5) is 15.8. The molecule has 3 aromatic rings. The minimum absolute atomic E-state index is 0. The van der Waals surface area contributed by atoms with Crippen LogP contribution in [0.5, 0.6) is 5.75 Å². The number of carbonyl (C=O) groups excluding carboxylic acids is 1. The molecule has 0 radical (unpaired) electrons. The fraction of sp³-hybridized carbons (Fsp3) is 0.543. The highest BCUT2D eigenvalue weighted by Gasteiger charge is 2.18. The fourth-order valence-corrected chi connectivity index (χ4v) is 6.15. The number of anilines is 1. The van der Waals surface area contributed by atoms with Crippen molar-refractivity contribution in [2.75, 3.05) is 18.1 Å². The average molecular weight is 678 g/mol. The van der Waals surface area contributed by atoms with Gasteiger partial charge in [-0.1, -0.05) is 125 Å². The molecular formula is C35H50BrClN2O2S. The number of rotatable bonds is 20. The Bertz CT molecular complexity index is 1190. The molecule has 0 N–H and O–H groups in total. The van der Waals surface area contributed by atoms with Gasteiger partial charge in [-0.05, 0) is 43.5 Å². The number of unbranched alkanes of at least 4 members (excludes halogenated alkanes) is 11. The summed E-state index contributed by atoms with van der Waals surface area (Å²) < 4.78 is 8.17. The minimum atomic E-state index is 0. The maximum atomic E-state index is 12.7. The number of halogens is 2. The first kappa shape index (κ1) is 36.3. The Morgan fingerprint density at radius 2 is 1.57 bits per heavy atom. The van der Waals surface area contributed by atoms with Gasteiger partial charge in [0.2, 0.25) is 11.4 Å². The number of benzene rings is 2. The first-order valence-corrected chi connectivity index (χ1v) is 16.9. The predicted octanol–water partition coefficient (Wildman–Crippen LogP) is 6.73. The van der Waals surface area contributed by atoms with Gasteiger partial charge in [0.05, 0.1) is 22.2 Å². The molecule has 42 heavy (non-hydrogen) atoms. The zero-order chi connectivity index (χ0) is 29.3. The van der Waals surface area contributed by atoms with Crippen LogP contribution in [0.1, 0.15) is 107 Å². The number of aromatic nitrogens is 1. The molecule has 7 heteroatoms. The molecule has 0 atom stereocenters. The lowest BCUT2D eigenvalue weighted by Crippen LogP contribution is -3.00. The molecule has 0 aliphatic rings. The molecule has 0 unspecified atom stereocenters. The van der Waals surface area contributed by atoms with Crippen molar-refractivity contribution in [3.63, 3.8) is 0 Å². The van der Waals surface area contributed by atoms with Crippen LogP contribution in [0, 0.1) is 6.92 Å². The van der Waals surface area contributed by atoms with E-state index in [2.05, 4.69) is 42.3 Å². The minimum Gasteiger partial charge on any atom is -1.00 e. The average Bonchev–Trinajstić information content (AvgIpc) is 3.37. The van der Waals surface area contributed by atoms with Gasteiger partial charge in [-0.2, -0.15) is 4.57 Å². The number of carbonyl (C=O) groups is 1. The van der Waals surface area contributed by atoms with Crippen LogP contribution in [0.15, 0.2) is 54.2 Å². The fourth-order valence-electron chi connectivity index (χ4n) is 5.26. The number of aryl methyl sites for hydroxylation is 1. The predicted molar refractivity (Wildman–Crippen MR) is 175 cm³/mol. The second-order valence-electron chi connectivity index (χ2n) is 11.2. The summed E-state index contributed by atoms with van der Waals surface area (Å²) in [5.41, 5.74) is 5.31. The third-order valence-corrected chi connectivity index (χ3v) is 8.76. The zero-order valence-corrected chi connectivity index (χ0v) is 29.0. The third kappa shape index (κ3) is 13.2. The number of hydrogen-bond donors (Lipinski definition) is 0. The van der Waals surface area contributed by atoms with Gasteiger partial charge in [0.1, 0.15) is 5.75 Å². The second kappa shape index (κ2) is 20.9. The number of amides is 1. The molecule has 2 aromatic carbocycles. The molecule has 0 fully saturated rings. The Kier molecular flexibility index (Phi) is 18.1. The highest BCUT2D eigenvalue weighted by molar-refractivity contribution is 7.09. The van der Waals surface area contributed by atoms with Crippen LogP contribution in [0.3, 0.4) is 0 Å². The Hall–Kier alpha value is -1.89. The molecule has 3 rings (SSSR count). The van der Waals surface area contributed by atoms with Crippen LogP contribution in [-0.2, 0) is 17.8 Å². The van der Waals surface area contributed by atoms with Crippen molar-refractivity contribution in [1.82, 2.24) is 0 Å². The number of thiazole rings is 1. The normalized spacial score (nSPS) is 10.9. The molecule has 0 aliphatic carbocycles. The first-order chi connectivity index (χ1) is 20.0. The quantitative estimate of drug-likeness (QED) is 0.0983. The van der Waals surface area contributed by atoms with Crippen molar-refractivity contribution in [2.24, 2.45) is 0 Å². The number of para-hydroxylation sites is 1. The largest absolute Gasteiger partial charge is 1.00 e. The Morgan fingerprint density at radius 1 is 0.929 bits per heavy atom. The number of hydrogen-bond acceptors (Lipinski definition) is 3. The van der Waals surface area contributed by atoms with Crippen LogP contribution in [0.2, 0.25) is 5.02 Å². The van der Waals surface area contributed by atoms with Crippen molar-refractivity contribution in [2.45, 2.75) is 111 Å². The maximum absolute atomic E-state index is 12.7.